The molecule has 130 valence electrons. The summed E-state index contributed by atoms with van der Waals surface area (Å²) < 4.78 is 26.3. The molecule has 1 saturated carbocycles. The number of aliphatic hydroxyl groups excluding tert-OH is 1. The van der Waals surface area contributed by atoms with Crippen LogP contribution in [-0.2, 0) is 10.2 Å². The minimum Gasteiger partial charge on any atom is -0.392 e. The van der Waals surface area contributed by atoms with Gasteiger partial charge in [0.2, 0.25) is 0 Å². The lowest BCUT2D eigenvalue weighted by Gasteiger charge is -2.40. The van der Waals surface area contributed by atoms with Crippen LogP contribution in [0.5, 0.6) is 0 Å². The van der Waals surface area contributed by atoms with E-state index in [9.17, 15) is 18.6 Å². The molecule has 0 aromatic rings. The number of hydrogen-bond acceptors (Lipinski definition) is 5. The molecular weight excluding hydrogens is 306 g/mol. The molecule has 7 nitrogen and oxygen atoms in total. The summed E-state index contributed by atoms with van der Waals surface area (Å²) in [4.78, 5) is 0. The van der Waals surface area contributed by atoms with Gasteiger partial charge in [-0.05, 0) is 12.8 Å². The highest BCUT2D eigenvalue weighted by Gasteiger charge is 2.37. The fourth-order valence-electron chi connectivity index (χ4n) is 3.21. The van der Waals surface area contributed by atoms with Crippen LogP contribution < -0.4 is 5.32 Å². The largest absolute Gasteiger partial charge is 0.392 e. The number of aliphatic hydroxyl groups is 2. The maximum absolute atomic E-state index is 11.8. The molecule has 1 atom stereocenters. The minimum absolute atomic E-state index is 0.0744. The average molecular weight is 335 g/mol. The quantitative estimate of drug-likeness (QED) is 0.584. The normalized spacial score (nSPS) is 25.1. The predicted molar refractivity (Wildman–Crippen MR) is 84.6 cm³/mol. The molecule has 0 spiro atoms. The fourth-order valence-corrected chi connectivity index (χ4v) is 4.41. The van der Waals surface area contributed by atoms with Crippen LogP contribution in [0.3, 0.4) is 0 Å². The van der Waals surface area contributed by atoms with Crippen molar-refractivity contribution in [1.29, 1.82) is 0 Å². The van der Waals surface area contributed by atoms with Gasteiger partial charge in [-0.3, -0.25) is 0 Å². The summed E-state index contributed by atoms with van der Waals surface area (Å²) in [6, 6.07) is 0.0744. The van der Waals surface area contributed by atoms with E-state index in [1.807, 2.05) is 0 Å². The van der Waals surface area contributed by atoms with Crippen LogP contribution in [0.25, 0.3) is 0 Å². The second-order valence-corrected chi connectivity index (χ2v) is 9.00. The second kappa shape index (κ2) is 7.11. The van der Waals surface area contributed by atoms with E-state index >= 15 is 0 Å². The van der Waals surface area contributed by atoms with Crippen molar-refractivity contribution in [2.75, 3.05) is 33.7 Å². The van der Waals surface area contributed by atoms with Crippen molar-refractivity contribution in [2.45, 2.75) is 56.3 Å². The minimum atomic E-state index is -3.32. The van der Waals surface area contributed by atoms with Gasteiger partial charge in [0, 0.05) is 46.2 Å². The van der Waals surface area contributed by atoms with Crippen molar-refractivity contribution in [3.8, 4) is 0 Å². The van der Waals surface area contributed by atoms with E-state index in [2.05, 4.69) is 5.32 Å². The molecule has 2 aliphatic rings. The summed E-state index contributed by atoms with van der Waals surface area (Å²) >= 11 is 0. The smallest absolute Gasteiger partial charge is 0.281 e. The van der Waals surface area contributed by atoms with Gasteiger partial charge < -0.3 is 15.5 Å². The highest BCUT2D eigenvalue weighted by atomic mass is 32.2. The second-order valence-electron chi connectivity index (χ2n) is 6.86. The monoisotopic (exact) mass is 335 g/mol. The summed E-state index contributed by atoms with van der Waals surface area (Å²) in [7, 11) is -0.283. The van der Waals surface area contributed by atoms with Gasteiger partial charge in [0.05, 0.1) is 11.7 Å². The molecule has 1 aliphatic carbocycles. The van der Waals surface area contributed by atoms with E-state index in [1.54, 1.807) is 0 Å². The van der Waals surface area contributed by atoms with Crippen LogP contribution in [0.4, 0.5) is 0 Å². The van der Waals surface area contributed by atoms with Gasteiger partial charge in [0.15, 0.2) is 0 Å². The van der Waals surface area contributed by atoms with Gasteiger partial charge in [-0.2, -0.15) is 17.0 Å². The summed E-state index contributed by atoms with van der Waals surface area (Å²) in [6.45, 7) is 1.25. The van der Waals surface area contributed by atoms with E-state index < -0.39 is 21.9 Å². The van der Waals surface area contributed by atoms with Gasteiger partial charge in [-0.25, -0.2) is 0 Å². The SMILES string of the molecule is CN(C)S(=O)(=O)N1CC(NCC(O)CC2(O)CCCCC2)C1. The van der Waals surface area contributed by atoms with Crippen molar-refractivity contribution in [1.82, 2.24) is 13.9 Å². The van der Waals surface area contributed by atoms with Crippen LogP contribution in [0.15, 0.2) is 0 Å². The Kier molecular flexibility index (Phi) is 5.84. The Hall–Kier alpha value is -0.250. The molecule has 0 radical (unpaired) electrons. The summed E-state index contributed by atoms with van der Waals surface area (Å²) in [5.41, 5.74) is -0.723. The number of nitrogens with zero attached hydrogens (tertiary/aromatic N) is 2. The molecule has 1 saturated heterocycles. The maximum Gasteiger partial charge on any atom is 0.281 e. The van der Waals surface area contributed by atoms with Gasteiger partial charge in [0.25, 0.3) is 10.2 Å². The first kappa shape index (κ1) is 18.1. The highest BCUT2D eigenvalue weighted by molar-refractivity contribution is 7.86. The van der Waals surface area contributed by atoms with Crippen LogP contribution in [0.2, 0.25) is 0 Å². The van der Waals surface area contributed by atoms with Crippen LogP contribution in [-0.4, -0.2) is 78.7 Å². The topological polar surface area (TPSA) is 93.1 Å². The molecule has 1 unspecified atom stereocenters. The first-order valence-electron chi connectivity index (χ1n) is 8.04. The molecule has 1 aliphatic heterocycles. The molecule has 0 aromatic heterocycles. The van der Waals surface area contributed by atoms with E-state index in [0.29, 0.717) is 26.1 Å². The Morgan fingerprint density at radius 2 is 1.86 bits per heavy atom. The van der Waals surface area contributed by atoms with Gasteiger partial charge in [0.1, 0.15) is 0 Å². The van der Waals surface area contributed by atoms with Crippen molar-refractivity contribution < 1.29 is 18.6 Å². The van der Waals surface area contributed by atoms with Gasteiger partial charge >= 0.3 is 0 Å². The molecule has 0 aromatic carbocycles. The molecule has 0 bridgehead atoms. The standard InChI is InChI=1S/C14H29N3O4S/c1-16(2)22(20,21)17-10-12(11-17)15-9-13(18)8-14(19)6-4-3-5-7-14/h12-13,15,18-19H,3-11H2,1-2H3. The molecule has 2 fully saturated rings. The Morgan fingerprint density at radius 1 is 1.27 bits per heavy atom. The third kappa shape index (κ3) is 4.39. The van der Waals surface area contributed by atoms with E-state index in [4.69, 9.17) is 0 Å². The zero-order valence-electron chi connectivity index (χ0n) is 13.5. The molecular formula is C14H29N3O4S. The van der Waals surface area contributed by atoms with Crippen LogP contribution >= 0.6 is 0 Å². The van der Waals surface area contributed by atoms with Crippen LogP contribution in [0.1, 0.15) is 38.5 Å². The van der Waals surface area contributed by atoms with Crippen molar-refractivity contribution in [3.63, 3.8) is 0 Å². The molecule has 3 N–H and O–H groups in total. The lowest BCUT2D eigenvalue weighted by Crippen LogP contribution is -2.62. The van der Waals surface area contributed by atoms with Crippen molar-refractivity contribution in [2.24, 2.45) is 0 Å². The zero-order chi connectivity index (χ0) is 16.4. The number of hydrogen-bond donors (Lipinski definition) is 3. The van der Waals surface area contributed by atoms with Gasteiger partial charge in [-0.1, -0.05) is 19.3 Å². The van der Waals surface area contributed by atoms with E-state index in [-0.39, 0.29) is 6.04 Å². The Morgan fingerprint density at radius 3 is 2.41 bits per heavy atom. The Balaban J connectivity index is 1.67. The molecule has 2 rings (SSSR count). The first-order chi connectivity index (χ1) is 10.2. The number of rotatable bonds is 7. The maximum atomic E-state index is 11.8. The van der Waals surface area contributed by atoms with Gasteiger partial charge in [-0.15, -0.1) is 0 Å². The summed E-state index contributed by atoms with van der Waals surface area (Å²) in [5, 5.41) is 23.7. The fraction of sp³-hybridized carbons (Fsp3) is 1.00. The summed E-state index contributed by atoms with van der Waals surface area (Å²) in [5.74, 6) is 0. The Bertz CT molecular complexity index is 457. The first-order valence-corrected chi connectivity index (χ1v) is 9.44. The predicted octanol–water partition coefficient (Wildman–Crippen LogP) is -0.487. The molecule has 8 heteroatoms. The van der Waals surface area contributed by atoms with E-state index in [1.165, 1.54) is 22.7 Å². The molecule has 22 heavy (non-hydrogen) atoms. The lowest BCUT2D eigenvalue weighted by atomic mass is 9.81. The third-order valence-electron chi connectivity index (χ3n) is 4.68. The Labute approximate surface area is 133 Å². The highest BCUT2D eigenvalue weighted by Crippen LogP contribution is 2.31. The lowest BCUT2D eigenvalue weighted by molar-refractivity contribution is -0.0379. The van der Waals surface area contributed by atoms with E-state index in [0.717, 1.165) is 32.1 Å². The molecule has 0 amide bonds. The summed E-state index contributed by atoms with van der Waals surface area (Å²) in [6.07, 6.45) is 4.54. The van der Waals surface area contributed by atoms with Crippen LogP contribution in [0, 0.1) is 0 Å². The zero-order valence-corrected chi connectivity index (χ0v) is 14.3. The van der Waals surface area contributed by atoms with Crippen molar-refractivity contribution in [3.05, 3.63) is 0 Å². The average Bonchev–Trinajstić information content (AvgIpc) is 2.36. The number of nitrogens with one attached hydrogen (secondary N) is 1. The molecule has 1 heterocycles. The third-order valence-corrected chi connectivity index (χ3v) is 6.55. The van der Waals surface area contributed by atoms with Crippen molar-refractivity contribution >= 4 is 10.2 Å².